The van der Waals surface area contributed by atoms with E-state index in [9.17, 15) is 14.4 Å². The summed E-state index contributed by atoms with van der Waals surface area (Å²) in [5.41, 5.74) is -0.0638. The Morgan fingerprint density at radius 1 is 1.30 bits per heavy atom. The fourth-order valence-corrected chi connectivity index (χ4v) is 2.35. The van der Waals surface area contributed by atoms with E-state index in [-0.39, 0.29) is 18.1 Å². The summed E-state index contributed by atoms with van der Waals surface area (Å²) in [7, 11) is 4.81. The van der Waals surface area contributed by atoms with Crippen molar-refractivity contribution in [2.75, 3.05) is 26.7 Å². The lowest BCUT2D eigenvalue weighted by atomic mass is 10.4. The van der Waals surface area contributed by atoms with Gasteiger partial charge < -0.3 is 9.30 Å². The minimum atomic E-state index is -0.410. The van der Waals surface area contributed by atoms with Gasteiger partial charge in [0.25, 0.3) is 5.56 Å². The van der Waals surface area contributed by atoms with Crippen molar-refractivity contribution in [2.45, 2.75) is 13.5 Å². The molecule has 0 bridgehead atoms. The van der Waals surface area contributed by atoms with Gasteiger partial charge in [-0.2, -0.15) is 0 Å². The fourth-order valence-electron chi connectivity index (χ4n) is 2.35. The summed E-state index contributed by atoms with van der Waals surface area (Å²) in [5.74, 6) is -0.288. The molecule has 126 valence electrons. The van der Waals surface area contributed by atoms with Crippen LogP contribution in [0.3, 0.4) is 0 Å². The highest BCUT2D eigenvalue weighted by atomic mass is 16.5. The van der Waals surface area contributed by atoms with E-state index in [2.05, 4.69) is 4.98 Å². The van der Waals surface area contributed by atoms with Gasteiger partial charge in [0.15, 0.2) is 11.2 Å². The summed E-state index contributed by atoms with van der Waals surface area (Å²) in [5, 5.41) is 0. The molecule has 0 radical (unpaired) electrons. The summed E-state index contributed by atoms with van der Waals surface area (Å²) in [4.78, 5) is 41.6. The number of fused-ring (bicyclic) bond motifs is 1. The van der Waals surface area contributed by atoms with Crippen LogP contribution in [0.2, 0.25) is 0 Å². The second-order valence-electron chi connectivity index (χ2n) is 5.36. The number of carbonyl (C=O) groups excluding carboxylic acids is 1. The van der Waals surface area contributed by atoms with Crippen LogP contribution in [0.25, 0.3) is 11.2 Å². The third-order valence-corrected chi connectivity index (χ3v) is 3.64. The van der Waals surface area contributed by atoms with Crippen LogP contribution in [0.5, 0.6) is 0 Å². The van der Waals surface area contributed by atoms with Gasteiger partial charge >= 0.3 is 11.7 Å². The number of ether oxygens (including phenoxy) is 1. The number of likely N-dealkylation sites (N-methyl/N-ethyl adjacent to an activating group) is 1. The molecule has 0 atom stereocenters. The lowest BCUT2D eigenvalue weighted by Crippen LogP contribution is -2.38. The first-order valence-corrected chi connectivity index (χ1v) is 7.31. The molecule has 0 aliphatic heterocycles. The van der Waals surface area contributed by atoms with Crippen molar-refractivity contribution in [3.63, 3.8) is 0 Å². The number of nitrogens with zero attached hydrogens (tertiary/aromatic N) is 5. The van der Waals surface area contributed by atoms with E-state index in [1.54, 1.807) is 30.5 Å². The van der Waals surface area contributed by atoms with E-state index in [0.717, 1.165) is 4.57 Å². The third kappa shape index (κ3) is 3.34. The molecule has 0 aliphatic rings. The average molecular weight is 323 g/mol. The molecule has 0 unspecified atom stereocenters. The van der Waals surface area contributed by atoms with Crippen LogP contribution in [-0.2, 0) is 30.2 Å². The predicted molar refractivity (Wildman–Crippen MR) is 84.3 cm³/mol. The zero-order valence-electron chi connectivity index (χ0n) is 13.8. The molecule has 23 heavy (non-hydrogen) atoms. The topological polar surface area (TPSA) is 91.4 Å². The Hall–Kier alpha value is -2.42. The van der Waals surface area contributed by atoms with Crippen molar-refractivity contribution in [3.8, 4) is 0 Å². The van der Waals surface area contributed by atoms with Gasteiger partial charge in [-0.1, -0.05) is 0 Å². The molecule has 0 saturated heterocycles. The smallest absolute Gasteiger partial charge is 0.332 e. The quantitative estimate of drug-likeness (QED) is 0.629. The molecule has 9 heteroatoms. The van der Waals surface area contributed by atoms with Crippen molar-refractivity contribution < 1.29 is 9.53 Å². The number of rotatable bonds is 6. The van der Waals surface area contributed by atoms with E-state index in [0.29, 0.717) is 30.9 Å². The molecule has 0 aromatic carbocycles. The molecule has 2 rings (SSSR count). The average Bonchev–Trinajstić information content (AvgIpc) is 2.93. The van der Waals surface area contributed by atoms with Crippen molar-refractivity contribution in [2.24, 2.45) is 14.1 Å². The van der Waals surface area contributed by atoms with Crippen LogP contribution < -0.4 is 11.2 Å². The number of aryl methyl sites for hydroxylation is 1. The normalized spacial score (nSPS) is 11.3. The Balaban J connectivity index is 2.21. The van der Waals surface area contributed by atoms with Gasteiger partial charge in [-0.3, -0.25) is 23.6 Å². The predicted octanol–water partition coefficient (Wildman–Crippen LogP) is -1.07. The molecule has 0 aliphatic carbocycles. The zero-order chi connectivity index (χ0) is 17.1. The summed E-state index contributed by atoms with van der Waals surface area (Å²) >= 11 is 0. The fraction of sp³-hybridized carbons (Fsp3) is 0.571. The summed E-state index contributed by atoms with van der Waals surface area (Å²) in [6.07, 6.45) is 1.53. The van der Waals surface area contributed by atoms with Crippen molar-refractivity contribution in [1.82, 2.24) is 23.6 Å². The summed E-state index contributed by atoms with van der Waals surface area (Å²) in [6, 6.07) is 0. The van der Waals surface area contributed by atoms with Crippen LogP contribution in [0.1, 0.15) is 6.92 Å². The minimum absolute atomic E-state index is 0.178. The molecule has 2 aromatic rings. The Bertz CT molecular complexity index is 832. The van der Waals surface area contributed by atoms with Gasteiger partial charge in [-0.15, -0.1) is 0 Å². The van der Waals surface area contributed by atoms with E-state index >= 15 is 0 Å². The molecule has 0 fully saturated rings. The number of hydrogen-bond acceptors (Lipinski definition) is 6. The second kappa shape index (κ2) is 6.78. The Labute approximate surface area is 132 Å². The molecule has 2 heterocycles. The first kappa shape index (κ1) is 16.9. The highest BCUT2D eigenvalue weighted by Gasteiger charge is 2.15. The van der Waals surface area contributed by atoms with Crippen LogP contribution in [0.15, 0.2) is 15.9 Å². The number of esters is 1. The van der Waals surface area contributed by atoms with Crippen molar-refractivity contribution in [3.05, 3.63) is 27.2 Å². The van der Waals surface area contributed by atoms with Gasteiger partial charge in [-0.05, 0) is 14.0 Å². The molecule has 2 aromatic heterocycles. The van der Waals surface area contributed by atoms with Crippen LogP contribution in [-0.4, -0.2) is 56.3 Å². The van der Waals surface area contributed by atoms with E-state index in [4.69, 9.17) is 4.74 Å². The minimum Gasteiger partial charge on any atom is -0.465 e. The lowest BCUT2D eigenvalue weighted by Gasteiger charge is -2.16. The Morgan fingerprint density at radius 3 is 2.65 bits per heavy atom. The first-order chi connectivity index (χ1) is 10.9. The highest BCUT2D eigenvalue weighted by molar-refractivity contribution is 5.71. The molecule has 0 spiro atoms. The molecule has 0 saturated carbocycles. The van der Waals surface area contributed by atoms with Crippen LogP contribution in [0, 0.1) is 0 Å². The van der Waals surface area contributed by atoms with Gasteiger partial charge in [0.2, 0.25) is 0 Å². The van der Waals surface area contributed by atoms with E-state index in [1.165, 1.54) is 17.9 Å². The van der Waals surface area contributed by atoms with Gasteiger partial charge in [0.1, 0.15) is 0 Å². The Morgan fingerprint density at radius 2 is 2.00 bits per heavy atom. The molecular formula is C14H21N5O4. The maximum absolute atomic E-state index is 12.3. The lowest BCUT2D eigenvalue weighted by molar-refractivity contribution is -0.144. The van der Waals surface area contributed by atoms with E-state index in [1.807, 2.05) is 0 Å². The SMILES string of the molecule is CCOC(=O)CN(C)CCn1cnc2c1c(=O)n(C)c(=O)n2C. The molecule has 0 N–H and O–H groups in total. The first-order valence-electron chi connectivity index (χ1n) is 7.31. The van der Waals surface area contributed by atoms with Gasteiger partial charge in [-0.25, -0.2) is 9.78 Å². The van der Waals surface area contributed by atoms with Crippen molar-refractivity contribution in [1.29, 1.82) is 0 Å². The van der Waals surface area contributed by atoms with Gasteiger partial charge in [0, 0.05) is 27.2 Å². The number of hydrogen-bond donors (Lipinski definition) is 0. The maximum atomic E-state index is 12.3. The van der Waals surface area contributed by atoms with Crippen molar-refractivity contribution >= 4 is 17.1 Å². The standard InChI is InChI=1S/C14H21N5O4/c1-5-23-10(20)8-16(2)6-7-19-9-15-12-11(19)13(21)18(4)14(22)17(12)3/h9H,5-8H2,1-4H3. The van der Waals surface area contributed by atoms with Crippen LogP contribution in [0.4, 0.5) is 0 Å². The highest BCUT2D eigenvalue weighted by Crippen LogP contribution is 2.05. The largest absolute Gasteiger partial charge is 0.465 e. The molecule has 9 nitrogen and oxygen atoms in total. The zero-order valence-corrected chi connectivity index (χ0v) is 13.8. The number of imidazole rings is 1. The van der Waals surface area contributed by atoms with E-state index < -0.39 is 5.69 Å². The molecule has 0 amide bonds. The number of carbonyl (C=O) groups is 1. The van der Waals surface area contributed by atoms with Gasteiger partial charge in [0.05, 0.1) is 19.5 Å². The third-order valence-electron chi connectivity index (χ3n) is 3.64. The molecular weight excluding hydrogens is 302 g/mol. The monoisotopic (exact) mass is 323 g/mol. The summed E-state index contributed by atoms with van der Waals surface area (Å²) < 4.78 is 8.99. The summed E-state index contributed by atoms with van der Waals surface area (Å²) in [6.45, 7) is 3.30. The second-order valence-corrected chi connectivity index (χ2v) is 5.36. The number of aromatic nitrogens is 4. The maximum Gasteiger partial charge on any atom is 0.332 e. The Kier molecular flexibility index (Phi) is 4.99. The van der Waals surface area contributed by atoms with Crippen LogP contribution >= 0.6 is 0 Å².